The zero-order valence-electron chi connectivity index (χ0n) is 15.0. The number of anilines is 3. The van der Waals surface area contributed by atoms with E-state index in [1.807, 2.05) is 54.6 Å². The molecular weight excluding hydrogens is 392 g/mol. The highest BCUT2D eigenvalue weighted by atomic mass is 35.5. The molecule has 0 unspecified atom stereocenters. The Hall–Kier alpha value is -3.16. The summed E-state index contributed by atoms with van der Waals surface area (Å²) >= 11 is 11.2. The lowest BCUT2D eigenvalue weighted by Gasteiger charge is -2.08. The van der Waals surface area contributed by atoms with Gasteiger partial charge in [0, 0.05) is 34.7 Å². The van der Waals surface area contributed by atoms with Crippen LogP contribution in [0.2, 0.25) is 5.02 Å². The monoisotopic (exact) mass is 408 g/mol. The van der Waals surface area contributed by atoms with E-state index < -0.39 is 0 Å². The van der Waals surface area contributed by atoms with Crippen molar-refractivity contribution in [3.63, 3.8) is 0 Å². The topological polar surface area (TPSA) is 77.7 Å². The fraction of sp³-hybridized carbons (Fsp3) is 0.0500. The minimum atomic E-state index is 0.563. The number of H-pyrrole nitrogens is 1. The van der Waals surface area contributed by atoms with Gasteiger partial charge in [0.1, 0.15) is 17.8 Å². The minimum Gasteiger partial charge on any atom is -0.366 e. The van der Waals surface area contributed by atoms with Gasteiger partial charge in [0.2, 0.25) is 0 Å². The Morgan fingerprint density at radius 3 is 2.68 bits per heavy atom. The molecule has 4 rings (SSSR count). The smallest absolute Gasteiger partial charge is 0.170 e. The van der Waals surface area contributed by atoms with Gasteiger partial charge in [-0.25, -0.2) is 9.97 Å². The molecule has 0 aliphatic rings. The van der Waals surface area contributed by atoms with Crippen molar-refractivity contribution in [2.45, 2.75) is 0 Å². The van der Waals surface area contributed by atoms with Crippen molar-refractivity contribution in [1.82, 2.24) is 20.3 Å². The molecule has 0 saturated carbocycles. The maximum Gasteiger partial charge on any atom is 0.170 e. The van der Waals surface area contributed by atoms with Gasteiger partial charge in [0.05, 0.1) is 5.39 Å². The van der Waals surface area contributed by atoms with Crippen molar-refractivity contribution in [3.05, 3.63) is 65.9 Å². The van der Waals surface area contributed by atoms with Crippen LogP contribution in [0.1, 0.15) is 0 Å². The van der Waals surface area contributed by atoms with E-state index in [0.717, 1.165) is 33.7 Å². The van der Waals surface area contributed by atoms with Crippen LogP contribution in [0, 0.1) is 0 Å². The lowest BCUT2D eigenvalue weighted by Crippen LogP contribution is -2.24. The zero-order valence-corrected chi connectivity index (χ0v) is 16.5. The summed E-state index contributed by atoms with van der Waals surface area (Å²) in [5, 5.41) is 11.5. The summed E-state index contributed by atoms with van der Waals surface area (Å²) in [6.07, 6.45) is 1.53. The molecular formula is C20H17ClN6S. The van der Waals surface area contributed by atoms with Crippen molar-refractivity contribution >= 4 is 57.2 Å². The van der Waals surface area contributed by atoms with E-state index in [9.17, 15) is 0 Å². The summed E-state index contributed by atoms with van der Waals surface area (Å²) in [5.74, 6) is 0.709. The molecule has 4 N–H and O–H groups in total. The van der Waals surface area contributed by atoms with Crippen LogP contribution in [0.15, 0.2) is 60.9 Å². The average molecular weight is 409 g/mol. The summed E-state index contributed by atoms with van der Waals surface area (Å²) in [6.45, 7) is 0. The molecule has 2 aromatic heterocycles. The van der Waals surface area contributed by atoms with Crippen LogP contribution in [0.5, 0.6) is 0 Å². The Kier molecular flexibility index (Phi) is 5.10. The first-order valence-corrected chi connectivity index (χ1v) is 9.36. The van der Waals surface area contributed by atoms with Gasteiger partial charge in [-0.3, -0.25) is 0 Å². The van der Waals surface area contributed by atoms with Crippen molar-refractivity contribution in [1.29, 1.82) is 0 Å². The predicted molar refractivity (Wildman–Crippen MR) is 119 cm³/mol. The van der Waals surface area contributed by atoms with E-state index in [1.54, 1.807) is 7.05 Å². The number of halogens is 1. The summed E-state index contributed by atoms with van der Waals surface area (Å²) in [6, 6.07) is 17.5. The maximum absolute atomic E-state index is 6.08. The Balaban J connectivity index is 1.69. The summed E-state index contributed by atoms with van der Waals surface area (Å²) in [4.78, 5) is 12.1. The van der Waals surface area contributed by atoms with E-state index in [4.69, 9.17) is 23.8 Å². The Morgan fingerprint density at radius 1 is 1.04 bits per heavy atom. The standard InChI is InChI=1S/C20H17ClN6S/c1-22-20(28)26-14-6-2-4-12(8-14)17-10-16-18(23-11-24-19(16)27-17)25-15-7-3-5-13(21)9-15/h2-11H,1H3,(H2,22,26,28)(H2,23,24,25,27). The molecule has 0 aliphatic carbocycles. The number of aromatic amines is 1. The van der Waals surface area contributed by atoms with Gasteiger partial charge in [-0.1, -0.05) is 29.8 Å². The molecule has 0 radical (unpaired) electrons. The predicted octanol–water partition coefficient (Wildman–Crippen LogP) is 4.94. The van der Waals surface area contributed by atoms with Gasteiger partial charge in [-0.15, -0.1) is 0 Å². The van der Waals surface area contributed by atoms with Gasteiger partial charge in [-0.2, -0.15) is 0 Å². The van der Waals surface area contributed by atoms with Crippen LogP contribution in [-0.2, 0) is 0 Å². The molecule has 0 bridgehead atoms. The quantitative estimate of drug-likeness (QED) is 0.358. The van der Waals surface area contributed by atoms with E-state index in [1.165, 1.54) is 6.33 Å². The first-order valence-electron chi connectivity index (χ1n) is 8.58. The number of hydrogen-bond acceptors (Lipinski definition) is 4. The van der Waals surface area contributed by atoms with Crippen LogP contribution < -0.4 is 16.0 Å². The number of benzene rings is 2. The Bertz CT molecular complexity index is 1160. The molecule has 8 heteroatoms. The number of hydrogen-bond donors (Lipinski definition) is 4. The Morgan fingerprint density at radius 2 is 1.86 bits per heavy atom. The average Bonchev–Trinajstić information content (AvgIpc) is 3.14. The number of nitrogens with zero attached hydrogens (tertiary/aromatic N) is 2. The lowest BCUT2D eigenvalue weighted by atomic mass is 10.1. The van der Waals surface area contributed by atoms with Gasteiger partial charge in [0.25, 0.3) is 0 Å². The number of fused-ring (bicyclic) bond motifs is 1. The molecule has 140 valence electrons. The van der Waals surface area contributed by atoms with E-state index in [0.29, 0.717) is 16.0 Å². The maximum atomic E-state index is 6.08. The highest BCUT2D eigenvalue weighted by Crippen LogP contribution is 2.30. The molecule has 2 heterocycles. The molecule has 6 nitrogen and oxygen atoms in total. The third kappa shape index (κ3) is 3.90. The van der Waals surface area contributed by atoms with Crippen molar-refractivity contribution < 1.29 is 0 Å². The van der Waals surface area contributed by atoms with E-state index in [-0.39, 0.29) is 0 Å². The van der Waals surface area contributed by atoms with Crippen molar-refractivity contribution in [3.8, 4) is 11.3 Å². The van der Waals surface area contributed by atoms with E-state index in [2.05, 4.69) is 30.9 Å². The van der Waals surface area contributed by atoms with Crippen LogP contribution in [0.3, 0.4) is 0 Å². The largest absolute Gasteiger partial charge is 0.366 e. The molecule has 0 saturated heterocycles. The zero-order chi connectivity index (χ0) is 19.5. The Labute approximate surface area is 172 Å². The van der Waals surface area contributed by atoms with Crippen LogP contribution in [-0.4, -0.2) is 27.1 Å². The molecule has 0 fully saturated rings. The van der Waals surface area contributed by atoms with Crippen molar-refractivity contribution in [2.75, 3.05) is 17.7 Å². The first kappa shape index (κ1) is 18.2. The number of thiocarbonyl (C=S) groups is 1. The fourth-order valence-corrected chi connectivity index (χ4v) is 3.16. The van der Waals surface area contributed by atoms with Gasteiger partial charge >= 0.3 is 0 Å². The lowest BCUT2D eigenvalue weighted by molar-refractivity contribution is 1.19. The molecule has 0 atom stereocenters. The van der Waals surface area contributed by atoms with Crippen LogP contribution in [0.25, 0.3) is 22.3 Å². The molecule has 0 spiro atoms. The SMILES string of the molecule is CNC(=S)Nc1cccc(-c2cc3c(Nc4cccc(Cl)c4)ncnc3[nH]2)c1. The third-order valence-electron chi connectivity index (χ3n) is 4.17. The van der Waals surface area contributed by atoms with E-state index >= 15 is 0 Å². The molecule has 0 aliphatic heterocycles. The fourth-order valence-electron chi connectivity index (χ4n) is 2.86. The normalized spacial score (nSPS) is 10.6. The van der Waals surface area contributed by atoms with Crippen LogP contribution in [0.4, 0.5) is 17.2 Å². The number of rotatable bonds is 4. The van der Waals surface area contributed by atoms with Gasteiger partial charge in [0.15, 0.2) is 5.11 Å². The second-order valence-corrected chi connectivity index (χ2v) is 6.93. The van der Waals surface area contributed by atoms with Crippen LogP contribution >= 0.6 is 23.8 Å². The first-order chi connectivity index (χ1) is 13.6. The van der Waals surface area contributed by atoms with Gasteiger partial charge < -0.3 is 20.9 Å². The second kappa shape index (κ2) is 7.84. The highest BCUT2D eigenvalue weighted by molar-refractivity contribution is 7.80. The second-order valence-electron chi connectivity index (χ2n) is 6.09. The molecule has 4 aromatic rings. The summed E-state index contributed by atoms with van der Waals surface area (Å²) in [5.41, 5.74) is 4.46. The summed E-state index contributed by atoms with van der Waals surface area (Å²) < 4.78 is 0. The minimum absolute atomic E-state index is 0.563. The molecule has 0 amide bonds. The molecule has 2 aromatic carbocycles. The number of nitrogens with one attached hydrogen (secondary N) is 4. The molecule has 28 heavy (non-hydrogen) atoms. The van der Waals surface area contributed by atoms with Crippen molar-refractivity contribution in [2.24, 2.45) is 0 Å². The summed E-state index contributed by atoms with van der Waals surface area (Å²) in [7, 11) is 1.78. The third-order valence-corrected chi connectivity index (χ3v) is 4.71. The van der Waals surface area contributed by atoms with Gasteiger partial charge in [-0.05, 0) is 48.6 Å². The highest BCUT2D eigenvalue weighted by Gasteiger charge is 2.10. The number of aromatic nitrogens is 3.